The number of hydroxylamine groups is 1. The summed E-state index contributed by atoms with van der Waals surface area (Å²) in [7, 11) is 1.62. The minimum atomic E-state index is -0.414. The van der Waals surface area contributed by atoms with E-state index in [9.17, 15) is 0 Å². The lowest BCUT2D eigenvalue weighted by molar-refractivity contribution is -0.0338. The summed E-state index contributed by atoms with van der Waals surface area (Å²) in [6.45, 7) is 4.93. The molecule has 0 amide bonds. The third-order valence-corrected chi connectivity index (χ3v) is 2.96. The SMILES string of the molecule is CONC1(C)C(C)COC12C=N2. The summed E-state index contributed by atoms with van der Waals surface area (Å²) >= 11 is 0. The molecule has 0 bridgehead atoms. The summed E-state index contributed by atoms with van der Waals surface area (Å²) < 4.78 is 5.57. The standard InChI is InChI=1S/C8H14N2O2/c1-6-4-12-8(5-9-8)7(6,2)10-11-3/h5-6,10H,4H2,1-3H3. The van der Waals surface area contributed by atoms with Crippen LogP contribution in [0.2, 0.25) is 0 Å². The van der Waals surface area contributed by atoms with Crippen LogP contribution in [0.15, 0.2) is 4.99 Å². The first kappa shape index (κ1) is 8.16. The number of rotatable bonds is 2. The monoisotopic (exact) mass is 170 g/mol. The molecule has 1 spiro atoms. The van der Waals surface area contributed by atoms with Crippen LogP contribution in [0.5, 0.6) is 0 Å². The molecule has 0 aromatic rings. The predicted molar refractivity (Wildman–Crippen MR) is 44.9 cm³/mol. The Kier molecular flexibility index (Phi) is 1.55. The molecule has 2 aliphatic rings. The Bertz CT molecular complexity index is 223. The van der Waals surface area contributed by atoms with E-state index in [-0.39, 0.29) is 5.54 Å². The maximum atomic E-state index is 5.57. The summed E-state index contributed by atoms with van der Waals surface area (Å²) in [6, 6.07) is 0. The van der Waals surface area contributed by atoms with Gasteiger partial charge in [-0.15, -0.1) is 0 Å². The van der Waals surface area contributed by atoms with Crippen LogP contribution in [0.4, 0.5) is 0 Å². The van der Waals surface area contributed by atoms with Gasteiger partial charge >= 0.3 is 0 Å². The molecule has 0 saturated carbocycles. The van der Waals surface area contributed by atoms with Crippen molar-refractivity contribution in [2.24, 2.45) is 10.9 Å². The van der Waals surface area contributed by atoms with E-state index in [0.717, 1.165) is 6.61 Å². The van der Waals surface area contributed by atoms with Gasteiger partial charge < -0.3 is 9.57 Å². The highest BCUT2D eigenvalue weighted by Crippen LogP contribution is 2.45. The van der Waals surface area contributed by atoms with Crippen LogP contribution < -0.4 is 5.48 Å². The van der Waals surface area contributed by atoms with Crippen LogP contribution in [0, 0.1) is 5.92 Å². The molecule has 0 aromatic carbocycles. The van der Waals surface area contributed by atoms with Crippen molar-refractivity contribution in [1.29, 1.82) is 0 Å². The van der Waals surface area contributed by atoms with Gasteiger partial charge in [-0.1, -0.05) is 6.92 Å². The van der Waals surface area contributed by atoms with Crippen molar-refractivity contribution < 1.29 is 9.57 Å². The highest BCUT2D eigenvalue weighted by atomic mass is 16.6. The van der Waals surface area contributed by atoms with E-state index < -0.39 is 5.72 Å². The van der Waals surface area contributed by atoms with Crippen molar-refractivity contribution in [3.05, 3.63) is 0 Å². The molecule has 4 nitrogen and oxygen atoms in total. The normalized spacial score (nSPS) is 50.4. The zero-order valence-electron chi connectivity index (χ0n) is 7.63. The van der Waals surface area contributed by atoms with Gasteiger partial charge in [0.05, 0.1) is 25.5 Å². The molecule has 2 rings (SSSR count). The largest absolute Gasteiger partial charge is 0.347 e. The Morgan fingerprint density at radius 3 is 2.92 bits per heavy atom. The minimum Gasteiger partial charge on any atom is -0.347 e. The van der Waals surface area contributed by atoms with E-state index in [1.807, 2.05) is 6.21 Å². The van der Waals surface area contributed by atoms with Crippen LogP contribution in [0.1, 0.15) is 13.8 Å². The maximum absolute atomic E-state index is 5.57. The first-order chi connectivity index (χ1) is 5.65. The lowest BCUT2D eigenvalue weighted by Gasteiger charge is -2.31. The number of hydrogen-bond donors (Lipinski definition) is 1. The second-order valence-corrected chi connectivity index (χ2v) is 3.68. The third kappa shape index (κ3) is 0.800. The fraction of sp³-hybridized carbons (Fsp3) is 0.875. The highest BCUT2D eigenvalue weighted by molar-refractivity contribution is 5.85. The van der Waals surface area contributed by atoms with Gasteiger partial charge in [-0.3, -0.25) is 4.99 Å². The maximum Gasteiger partial charge on any atom is 0.215 e. The Labute approximate surface area is 71.9 Å². The molecule has 0 aliphatic carbocycles. The van der Waals surface area contributed by atoms with Crippen molar-refractivity contribution in [3.8, 4) is 0 Å². The summed E-state index contributed by atoms with van der Waals surface area (Å²) in [5.74, 6) is 0.403. The summed E-state index contributed by atoms with van der Waals surface area (Å²) in [4.78, 5) is 9.13. The van der Waals surface area contributed by atoms with Crippen molar-refractivity contribution in [1.82, 2.24) is 5.48 Å². The number of nitrogens with zero attached hydrogens (tertiary/aromatic N) is 1. The summed E-state index contributed by atoms with van der Waals surface area (Å²) in [5, 5.41) is 0. The number of aliphatic imine (C=N–C) groups is 1. The minimum absolute atomic E-state index is 0.207. The van der Waals surface area contributed by atoms with Crippen molar-refractivity contribution >= 4 is 6.21 Å². The molecule has 2 aliphatic heterocycles. The zero-order chi connectivity index (χ0) is 8.82. The zero-order valence-corrected chi connectivity index (χ0v) is 7.63. The lowest BCUT2D eigenvalue weighted by Crippen LogP contribution is -2.55. The average Bonchev–Trinajstić information content (AvgIpc) is 2.77. The van der Waals surface area contributed by atoms with E-state index in [0.29, 0.717) is 5.92 Å². The fourth-order valence-electron chi connectivity index (χ4n) is 1.71. The third-order valence-electron chi connectivity index (χ3n) is 2.96. The number of ether oxygens (including phenoxy) is 1. The van der Waals surface area contributed by atoms with Gasteiger partial charge in [0.25, 0.3) is 0 Å². The second kappa shape index (κ2) is 2.28. The van der Waals surface area contributed by atoms with Gasteiger partial charge in [0.15, 0.2) is 0 Å². The first-order valence-electron chi connectivity index (χ1n) is 4.15. The van der Waals surface area contributed by atoms with Crippen LogP contribution in [-0.2, 0) is 9.57 Å². The van der Waals surface area contributed by atoms with Crippen molar-refractivity contribution in [2.45, 2.75) is 25.1 Å². The molecule has 12 heavy (non-hydrogen) atoms. The van der Waals surface area contributed by atoms with E-state index in [1.54, 1.807) is 7.11 Å². The molecular formula is C8H14N2O2. The van der Waals surface area contributed by atoms with Gasteiger partial charge in [-0.25, -0.2) is 0 Å². The van der Waals surface area contributed by atoms with E-state index in [2.05, 4.69) is 24.3 Å². The summed E-state index contributed by atoms with van der Waals surface area (Å²) in [5.41, 5.74) is 2.35. The molecule has 2 heterocycles. The van der Waals surface area contributed by atoms with Crippen molar-refractivity contribution in [3.63, 3.8) is 0 Å². The van der Waals surface area contributed by atoms with Crippen LogP contribution in [0.3, 0.4) is 0 Å². The Balaban J connectivity index is 2.18. The number of nitrogens with one attached hydrogen (secondary N) is 1. The smallest absolute Gasteiger partial charge is 0.215 e. The molecule has 1 fully saturated rings. The van der Waals surface area contributed by atoms with Gasteiger partial charge in [-0.2, -0.15) is 5.48 Å². The molecule has 0 aromatic heterocycles. The van der Waals surface area contributed by atoms with Gasteiger partial charge in [-0.05, 0) is 6.92 Å². The first-order valence-corrected chi connectivity index (χ1v) is 4.15. The van der Waals surface area contributed by atoms with Crippen LogP contribution in [-0.4, -0.2) is 31.2 Å². The van der Waals surface area contributed by atoms with Crippen LogP contribution >= 0.6 is 0 Å². The lowest BCUT2D eigenvalue weighted by atomic mass is 9.85. The van der Waals surface area contributed by atoms with E-state index in [1.165, 1.54) is 0 Å². The predicted octanol–water partition coefficient (Wildman–Crippen LogP) is 0.343. The second-order valence-electron chi connectivity index (χ2n) is 3.68. The summed E-state index contributed by atoms with van der Waals surface area (Å²) in [6.07, 6.45) is 1.84. The molecule has 3 atom stereocenters. The Morgan fingerprint density at radius 2 is 2.42 bits per heavy atom. The molecular weight excluding hydrogens is 156 g/mol. The highest BCUT2D eigenvalue weighted by Gasteiger charge is 2.62. The van der Waals surface area contributed by atoms with Crippen molar-refractivity contribution in [2.75, 3.05) is 13.7 Å². The average molecular weight is 170 g/mol. The van der Waals surface area contributed by atoms with Gasteiger partial charge in [0.2, 0.25) is 5.72 Å². The topological polar surface area (TPSA) is 42.8 Å². The number of hydrogen-bond acceptors (Lipinski definition) is 4. The van der Waals surface area contributed by atoms with Gasteiger partial charge in [0.1, 0.15) is 0 Å². The molecule has 68 valence electrons. The quantitative estimate of drug-likeness (QED) is 0.608. The molecule has 1 N–H and O–H groups in total. The molecule has 4 heteroatoms. The fourth-order valence-corrected chi connectivity index (χ4v) is 1.71. The van der Waals surface area contributed by atoms with Gasteiger partial charge in [0, 0.05) is 5.92 Å². The Hall–Kier alpha value is -0.450. The molecule has 0 radical (unpaired) electrons. The van der Waals surface area contributed by atoms with E-state index >= 15 is 0 Å². The molecule has 1 saturated heterocycles. The van der Waals surface area contributed by atoms with Crippen LogP contribution in [0.25, 0.3) is 0 Å². The molecule has 3 unspecified atom stereocenters. The van der Waals surface area contributed by atoms with E-state index in [4.69, 9.17) is 9.57 Å². The Morgan fingerprint density at radius 1 is 1.75 bits per heavy atom.